The van der Waals surface area contributed by atoms with E-state index < -0.39 is 5.97 Å². The molecule has 1 saturated heterocycles. The minimum atomic E-state index is -0.755. The van der Waals surface area contributed by atoms with E-state index in [0.29, 0.717) is 12.3 Å². The first-order chi connectivity index (χ1) is 9.88. The highest BCUT2D eigenvalue weighted by atomic mass is 16.4. The van der Waals surface area contributed by atoms with Gasteiger partial charge in [-0.2, -0.15) is 0 Å². The Labute approximate surface area is 127 Å². The summed E-state index contributed by atoms with van der Waals surface area (Å²) in [5.74, 6) is -0.521. The molecule has 3 atom stereocenters. The summed E-state index contributed by atoms with van der Waals surface area (Å²) in [4.78, 5) is 24.7. The van der Waals surface area contributed by atoms with Crippen LogP contribution in [0.25, 0.3) is 0 Å². The molecule has 2 amide bonds. The highest BCUT2D eigenvalue weighted by Crippen LogP contribution is 2.13. The molecule has 0 aliphatic carbocycles. The average molecular weight is 299 g/mol. The highest BCUT2D eigenvalue weighted by molar-refractivity contribution is 5.74. The minimum Gasteiger partial charge on any atom is -0.481 e. The number of hydrogen-bond donors (Lipinski definition) is 3. The maximum Gasteiger partial charge on any atom is 0.315 e. The minimum absolute atomic E-state index is 0.0669. The summed E-state index contributed by atoms with van der Waals surface area (Å²) in [5, 5.41) is 14.6. The topological polar surface area (TPSA) is 81.7 Å². The number of nitrogens with one attached hydrogen (secondary N) is 2. The van der Waals surface area contributed by atoms with E-state index in [4.69, 9.17) is 5.11 Å². The van der Waals surface area contributed by atoms with Crippen LogP contribution in [0.5, 0.6) is 0 Å². The van der Waals surface area contributed by atoms with Gasteiger partial charge in [0.25, 0.3) is 0 Å². The summed E-state index contributed by atoms with van der Waals surface area (Å²) < 4.78 is 0. The first kappa shape index (κ1) is 17.8. The fourth-order valence-corrected chi connectivity index (χ4v) is 2.63. The lowest BCUT2D eigenvalue weighted by atomic mass is 10.0. The zero-order valence-corrected chi connectivity index (χ0v) is 13.4. The van der Waals surface area contributed by atoms with Crippen molar-refractivity contribution >= 4 is 12.0 Å². The molecule has 0 bridgehead atoms. The molecule has 1 aliphatic heterocycles. The van der Waals surface area contributed by atoms with Gasteiger partial charge in [0.15, 0.2) is 0 Å². The third-order valence-corrected chi connectivity index (χ3v) is 4.11. The van der Waals surface area contributed by atoms with Crippen LogP contribution in [0.3, 0.4) is 0 Å². The molecule has 0 spiro atoms. The fraction of sp³-hybridized carbons (Fsp3) is 0.867. The van der Waals surface area contributed by atoms with E-state index in [1.165, 1.54) is 0 Å². The van der Waals surface area contributed by atoms with E-state index in [2.05, 4.69) is 22.6 Å². The molecule has 1 rings (SSSR count). The second kappa shape index (κ2) is 8.87. The van der Waals surface area contributed by atoms with E-state index >= 15 is 0 Å². The predicted octanol–water partition coefficient (Wildman–Crippen LogP) is 1.52. The molecule has 0 radical (unpaired) electrons. The summed E-state index contributed by atoms with van der Waals surface area (Å²) in [6.07, 6.45) is 3.40. The zero-order chi connectivity index (χ0) is 15.8. The van der Waals surface area contributed by atoms with Crippen molar-refractivity contribution in [2.75, 3.05) is 26.7 Å². The molecule has 6 nitrogen and oxygen atoms in total. The van der Waals surface area contributed by atoms with Crippen LogP contribution in [0, 0.1) is 11.8 Å². The molecule has 1 heterocycles. The van der Waals surface area contributed by atoms with Gasteiger partial charge in [-0.15, -0.1) is 0 Å². The van der Waals surface area contributed by atoms with Crippen molar-refractivity contribution < 1.29 is 14.7 Å². The van der Waals surface area contributed by atoms with Crippen molar-refractivity contribution in [3.63, 3.8) is 0 Å². The predicted molar refractivity (Wildman–Crippen MR) is 82.3 cm³/mol. The Hall–Kier alpha value is -1.30. The van der Waals surface area contributed by atoms with Crippen molar-refractivity contribution in [1.82, 2.24) is 15.5 Å². The summed E-state index contributed by atoms with van der Waals surface area (Å²) in [7, 11) is 2.10. The van der Waals surface area contributed by atoms with Crippen LogP contribution < -0.4 is 10.6 Å². The monoisotopic (exact) mass is 299 g/mol. The second-order valence-electron chi connectivity index (χ2n) is 6.34. The molecule has 6 heteroatoms. The van der Waals surface area contributed by atoms with Gasteiger partial charge in [0, 0.05) is 19.1 Å². The largest absolute Gasteiger partial charge is 0.481 e. The quantitative estimate of drug-likeness (QED) is 0.634. The number of nitrogens with zero attached hydrogens (tertiary/aromatic N) is 1. The normalized spacial score (nSPS) is 21.8. The van der Waals surface area contributed by atoms with Gasteiger partial charge in [-0.3, -0.25) is 4.79 Å². The molecule has 3 N–H and O–H groups in total. The molecule has 0 aromatic heterocycles. The molecule has 3 unspecified atom stereocenters. The lowest BCUT2D eigenvalue weighted by Gasteiger charge is -2.17. The number of likely N-dealkylation sites (tertiary alicyclic amines) is 1. The number of amides is 2. The smallest absolute Gasteiger partial charge is 0.315 e. The highest BCUT2D eigenvalue weighted by Gasteiger charge is 2.20. The second-order valence-corrected chi connectivity index (χ2v) is 6.34. The SMILES string of the molecule is CC(CCCC(C)C(=O)O)NC(=O)NCC1CCN(C)C1. The van der Waals surface area contributed by atoms with Gasteiger partial charge in [0.1, 0.15) is 0 Å². The Bertz CT molecular complexity index is 349. The molecular formula is C15H29N3O3. The van der Waals surface area contributed by atoms with Gasteiger partial charge >= 0.3 is 12.0 Å². The van der Waals surface area contributed by atoms with Gasteiger partial charge in [0.05, 0.1) is 5.92 Å². The maximum atomic E-state index is 11.8. The van der Waals surface area contributed by atoms with Crippen LogP contribution in [0.2, 0.25) is 0 Å². The summed E-state index contributed by atoms with van der Waals surface area (Å²) in [5.41, 5.74) is 0. The lowest BCUT2D eigenvalue weighted by molar-refractivity contribution is -0.141. The summed E-state index contributed by atoms with van der Waals surface area (Å²) in [6.45, 7) is 6.54. The van der Waals surface area contributed by atoms with Crippen LogP contribution >= 0.6 is 0 Å². The Balaban J connectivity index is 2.08. The summed E-state index contributed by atoms with van der Waals surface area (Å²) >= 11 is 0. The van der Waals surface area contributed by atoms with E-state index in [0.717, 1.165) is 38.9 Å². The van der Waals surface area contributed by atoms with E-state index in [9.17, 15) is 9.59 Å². The standard InChI is InChI=1S/C15H29N3O3/c1-11(14(19)20)5-4-6-12(2)17-15(21)16-9-13-7-8-18(3)10-13/h11-13H,4-10H2,1-3H3,(H,19,20)(H2,16,17,21). The Morgan fingerprint density at radius 1 is 1.33 bits per heavy atom. The maximum absolute atomic E-state index is 11.8. The zero-order valence-electron chi connectivity index (χ0n) is 13.4. The van der Waals surface area contributed by atoms with Crippen molar-refractivity contribution in [2.24, 2.45) is 11.8 Å². The van der Waals surface area contributed by atoms with E-state index in [1.807, 2.05) is 6.92 Å². The number of hydrogen-bond acceptors (Lipinski definition) is 3. The van der Waals surface area contributed by atoms with Crippen molar-refractivity contribution in [3.05, 3.63) is 0 Å². The molecule has 1 aliphatic rings. The molecule has 21 heavy (non-hydrogen) atoms. The average Bonchev–Trinajstić information content (AvgIpc) is 2.82. The molecular weight excluding hydrogens is 270 g/mol. The van der Waals surface area contributed by atoms with Gasteiger partial charge in [0.2, 0.25) is 0 Å². The lowest BCUT2D eigenvalue weighted by Crippen LogP contribution is -2.42. The number of rotatable bonds is 8. The van der Waals surface area contributed by atoms with Gasteiger partial charge in [-0.1, -0.05) is 13.3 Å². The third kappa shape index (κ3) is 7.32. The van der Waals surface area contributed by atoms with Crippen LogP contribution in [0.15, 0.2) is 0 Å². The van der Waals surface area contributed by atoms with E-state index in [-0.39, 0.29) is 18.0 Å². The number of urea groups is 1. The Morgan fingerprint density at radius 2 is 2.05 bits per heavy atom. The third-order valence-electron chi connectivity index (χ3n) is 4.11. The van der Waals surface area contributed by atoms with Crippen molar-refractivity contribution in [2.45, 2.75) is 45.6 Å². The number of carboxylic acid groups (broad SMARTS) is 1. The van der Waals surface area contributed by atoms with Gasteiger partial charge in [-0.25, -0.2) is 4.79 Å². The van der Waals surface area contributed by atoms with Crippen LogP contribution in [0.1, 0.15) is 39.5 Å². The number of carbonyl (C=O) groups is 2. The van der Waals surface area contributed by atoms with Crippen LogP contribution in [-0.4, -0.2) is 54.7 Å². The number of carboxylic acids is 1. The Morgan fingerprint density at radius 3 is 2.62 bits per heavy atom. The van der Waals surface area contributed by atoms with Crippen LogP contribution in [0.4, 0.5) is 4.79 Å². The first-order valence-corrected chi connectivity index (χ1v) is 7.84. The van der Waals surface area contributed by atoms with E-state index in [1.54, 1.807) is 6.92 Å². The van der Waals surface area contributed by atoms with Gasteiger partial charge in [-0.05, 0) is 45.7 Å². The van der Waals surface area contributed by atoms with Gasteiger partial charge < -0.3 is 20.6 Å². The molecule has 0 aromatic carbocycles. The number of carbonyl (C=O) groups excluding carboxylic acids is 1. The summed E-state index contributed by atoms with van der Waals surface area (Å²) in [6, 6.07) is -0.0550. The Kier molecular flexibility index (Phi) is 7.50. The van der Waals surface area contributed by atoms with Crippen LogP contribution in [-0.2, 0) is 4.79 Å². The number of aliphatic carboxylic acids is 1. The van der Waals surface area contributed by atoms with Crippen molar-refractivity contribution in [1.29, 1.82) is 0 Å². The molecule has 0 aromatic rings. The molecule has 0 saturated carbocycles. The molecule has 122 valence electrons. The fourth-order valence-electron chi connectivity index (χ4n) is 2.63. The molecule has 1 fully saturated rings. The van der Waals surface area contributed by atoms with Crippen molar-refractivity contribution in [3.8, 4) is 0 Å². The first-order valence-electron chi connectivity index (χ1n) is 7.84.